The highest BCUT2D eigenvalue weighted by Gasteiger charge is 2.47. The van der Waals surface area contributed by atoms with Crippen molar-refractivity contribution >= 4 is 23.5 Å². The molecule has 4 nitrogen and oxygen atoms in total. The number of halogens is 2. The molecule has 0 unspecified atom stereocenters. The summed E-state index contributed by atoms with van der Waals surface area (Å²) in [4.78, 5) is 16.4. The van der Waals surface area contributed by atoms with Crippen LogP contribution < -0.4 is 4.90 Å². The zero-order valence-electron chi connectivity index (χ0n) is 21.1. The largest absolute Gasteiger partial charge is 0.440 e. The topological polar surface area (TPSA) is 29.5 Å². The van der Waals surface area contributed by atoms with Gasteiger partial charge in [-0.25, -0.2) is 13.6 Å². The summed E-state index contributed by atoms with van der Waals surface area (Å²) >= 11 is 1.88. The summed E-state index contributed by atoms with van der Waals surface area (Å²) in [6, 6.07) is 21.8. The van der Waals surface area contributed by atoms with Gasteiger partial charge in [0.25, 0.3) is 0 Å². The molecule has 3 aromatic carbocycles. The lowest BCUT2D eigenvalue weighted by molar-refractivity contribution is -0.943. The van der Waals surface area contributed by atoms with Crippen molar-refractivity contribution < 1.29 is 22.8 Å². The molecule has 3 saturated heterocycles. The summed E-state index contributed by atoms with van der Waals surface area (Å²) in [5.41, 5.74) is 2.19. The molecule has 3 aliphatic rings. The number of quaternary nitrogens is 1. The molecule has 0 saturated carbocycles. The van der Waals surface area contributed by atoms with Gasteiger partial charge in [0.2, 0.25) is 0 Å². The summed E-state index contributed by atoms with van der Waals surface area (Å²) < 4.78 is 34.6. The van der Waals surface area contributed by atoms with Gasteiger partial charge in [-0.1, -0.05) is 36.4 Å². The summed E-state index contributed by atoms with van der Waals surface area (Å²) in [6.07, 6.45) is 1.53. The Labute approximate surface area is 221 Å². The van der Waals surface area contributed by atoms with E-state index in [0.717, 1.165) is 67.0 Å². The Morgan fingerprint density at radius 2 is 1.78 bits per heavy atom. The summed E-state index contributed by atoms with van der Waals surface area (Å²) in [5, 5.41) is 0. The number of amides is 1. The van der Waals surface area contributed by atoms with Gasteiger partial charge in [-0.05, 0) is 54.4 Å². The number of piperidine rings is 3. The number of carbonyl (C=O) groups is 1. The van der Waals surface area contributed by atoms with Crippen molar-refractivity contribution in [2.24, 2.45) is 5.92 Å². The Bertz CT molecular complexity index is 1230. The quantitative estimate of drug-likeness (QED) is 0.240. The SMILES string of the molecule is Cc1cccc(N(Cc2ccc(F)c(F)c2)C(=O)O[C@H]2C[N+]3(CCSc4ccccc4)CCC2CC3)c1. The maximum Gasteiger partial charge on any atom is 0.415 e. The molecule has 0 N–H and O–H groups in total. The molecular weight excluding hydrogens is 490 g/mol. The summed E-state index contributed by atoms with van der Waals surface area (Å²) in [5.74, 6) is -0.429. The number of carbonyl (C=O) groups excluding carboxylic acids is 1. The van der Waals surface area contributed by atoms with Gasteiger partial charge in [0.15, 0.2) is 17.7 Å². The van der Waals surface area contributed by atoms with Crippen LogP contribution in [0, 0.1) is 24.5 Å². The number of anilines is 1. The van der Waals surface area contributed by atoms with E-state index < -0.39 is 17.7 Å². The molecule has 0 aliphatic carbocycles. The van der Waals surface area contributed by atoms with E-state index in [0.29, 0.717) is 17.2 Å². The smallest absolute Gasteiger partial charge is 0.415 e. The van der Waals surface area contributed by atoms with Crippen LogP contribution in [0.3, 0.4) is 0 Å². The molecule has 2 bridgehead atoms. The van der Waals surface area contributed by atoms with Gasteiger partial charge in [-0.15, -0.1) is 11.8 Å². The van der Waals surface area contributed by atoms with Crippen LogP contribution in [-0.4, -0.2) is 48.6 Å². The number of benzene rings is 3. The van der Waals surface area contributed by atoms with E-state index in [4.69, 9.17) is 4.74 Å². The van der Waals surface area contributed by atoms with E-state index in [-0.39, 0.29) is 12.6 Å². The summed E-state index contributed by atoms with van der Waals surface area (Å²) in [6.45, 7) is 6.20. The van der Waals surface area contributed by atoms with Gasteiger partial charge in [0.05, 0.1) is 26.2 Å². The van der Waals surface area contributed by atoms with E-state index in [9.17, 15) is 13.6 Å². The maximum absolute atomic E-state index is 13.9. The van der Waals surface area contributed by atoms with Crippen molar-refractivity contribution in [3.8, 4) is 0 Å². The Morgan fingerprint density at radius 1 is 1.00 bits per heavy atom. The van der Waals surface area contributed by atoms with Gasteiger partial charge >= 0.3 is 6.09 Å². The molecule has 1 amide bonds. The third-order valence-corrected chi connectivity index (χ3v) is 8.72. The van der Waals surface area contributed by atoms with Gasteiger partial charge in [0.1, 0.15) is 6.54 Å². The number of nitrogens with zero attached hydrogens (tertiary/aromatic N) is 2. The van der Waals surface area contributed by atoms with E-state index in [1.165, 1.54) is 15.9 Å². The fourth-order valence-electron chi connectivity index (χ4n) is 5.61. The first-order valence-corrected chi connectivity index (χ1v) is 13.9. The molecule has 37 heavy (non-hydrogen) atoms. The van der Waals surface area contributed by atoms with Gasteiger partial charge in [-0.3, -0.25) is 4.90 Å². The number of aryl methyl sites for hydroxylation is 1. The molecule has 3 fully saturated rings. The highest BCUT2D eigenvalue weighted by Crippen LogP contribution is 2.37. The summed E-state index contributed by atoms with van der Waals surface area (Å²) in [7, 11) is 0. The first kappa shape index (κ1) is 25.7. The zero-order valence-corrected chi connectivity index (χ0v) is 21.9. The Kier molecular flexibility index (Phi) is 7.81. The Hall–Kier alpha value is -2.90. The predicted octanol–water partition coefficient (Wildman–Crippen LogP) is 6.82. The highest BCUT2D eigenvalue weighted by molar-refractivity contribution is 7.99. The van der Waals surface area contributed by atoms with Crippen molar-refractivity contribution in [2.45, 2.75) is 37.3 Å². The lowest BCUT2D eigenvalue weighted by Crippen LogP contribution is -2.65. The van der Waals surface area contributed by atoms with E-state index in [2.05, 4.69) is 24.3 Å². The lowest BCUT2D eigenvalue weighted by Gasteiger charge is -2.52. The van der Waals surface area contributed by atoms with Crippen molar-refractivity contribution in [1.29, 1.82) is 0 Å². The van der Waals surface area contributed by atoms with Gasteiger partial charge in [0, 0.05) is 35.1 Å². The van der Waals surface area contributed by atoms with Crippen LogP contribution >= 0.6 is 11.8 Å². The molecule has 7 heteroatoms. The van der Waals surface area contributed by atoms with Crippen molar-refractivity contribution in [3.63, 3.8) is 0 Å². The molecular formula is C30H33F2N2O2S+. The maximum atomic E-state index is 13.9. The molecule has 3 heterocycles. The zero-order chi connectivity index (χ0) is 25.8. The average Bonchev–Trinajstić information content (AvgIpc) is 2.90. The van der Waals surface area contributed by atoms with Crippen LogP contribution in [0.15, 0.2) is 77.7 Å². The number of rotatable bonds is 8. The number of hydrogen-bond donors (Lipinski definition) is 0. The second-order valence-corrected chi connectivity index (χ2v) is 11.5. The minimum Gasteiger partial charge on any atom is -0.440 e. The van der Waals surface area contributed by atoms with E-state index in [1.54, 1.807) is 0 Å². The normalized spacial score (nSPS) is 22.6. The molecule has 194 valence electrons. The van der Waals surface area contributed by atoms with Gasteiger partial charge < -0.3 is 9.22 Å². The predicted molar refractivity (Wildman–Crippen MR) is 144 cm³/mol. The molecule has 0 spiro atoms. The second kappa shape index (κ2) is 11.2. The third-order valence-electron chi connectivity index (χ3n) is 7.73. The Balaban J connectivity index is 1.28. The van der Waals surface area contributed by atoms with Crippen LogP contribution in [0.2, 0.25) is 0 Å². The van der Waals surface area contributed by atoms with Crippen LogP contribution in [0.4, 0.5) is 19.3 Å². The number of ether oxygens (including phenoxy) is 1. The van der Waals surface area contributed by atoms with Crippen molar-refractivity contribution in [3.05, 3.63) is 95.6 Å². The first-order valence-electron chi connectivity index (χ1n) is 12.9. The van der Waals surface area contributed by atoms with Crippen LogP contribution in [0.1, 0.15) is 24.0 Å². The van der Waals surface area contributed by atoms with Crippen LogP contribution in [-0.2, 0) is 11.3 Å². The third kappa shape index (κ3) is 6.16. The standard InChI is InChI=1S/C30H33F2N2O2S/c1-22-6-5-7-25(18-22)33(20-23-10-11-27(31)28(32)19-23)30(35)36-29-21-34(14-12-24(29)13-15-34)16-17-37-26-8-3-2-4-9-26/h2-11,18-19,24,29H,12-17,20-21H2,1H3/q+1/t24?,29-,34?/m0/s1. The fraction of sp³-hybridized carbons (Fsp3) is 0.367. The molecule has 3 aliphatic heterocycles. The second-order valence-electron chi connectivity index (χ2n) is 10.3. The van der Waals surface area contributed by atoms with Crippen molar-refractivity contribution in [1.82, 2.24) is 0 Å². The monoisotopic (exact) mass is 523 g/mol. The first-order chi connectivity index (χ1) is 17.9. The van der Waals surface area contributed by atoms with Crippen LogP contribution in [0.25, 0.3) is 0 Å². The average molecular weight is 524 g/mol. The number of fused-ring (bicyclic) bond motifs is 3. The molecule has 1 atom stereocenters. The number of hydrogen-bond acceptors (Lipinski definition) is 3. The minimum absolute atomic E-state index is 0.102. The minimum atomic E-state index is -0.924. The molecule has 3 aromatic rings. The van der Waals surface area contributed by atoms with E-state index >= 15 is 0 Å². The molecule has 6 rings (SSSR count). The molecule has 0 aromatic heterocycles. The van der Waals surface area contributed by atoms with Crippen LogP contribution in [0.5, 0.6) is 0 Å². The van der Waals surface area contributed by atoms with E-state index in [1.807, 2.05) is 49.0 Å². The highest BCUT2D eigenvalue weighted by atomic mass is 32.2. The lowest BCUT2D eigenvalue weighted by atomic mass is 9.83. The van der Waals surface area contributed by atoms with Gasteiger partial charge in [-0.2, -0.15) is 0 Å². The Morgan fingerprint density at radius 3 is 2.51 bits per heavy atom. The fourth-order valence-corrected chi connectivity index (χ4v) is 6.68. The molecule has 0 radical (unpaired) electrons. The number of thioether (sulfide) groups is 1. The van der Waals surface area contributed by atoms with Crippen molar-refractivity contribution in [2.75, 3.05) is 36.8 Å².